The Labute approximate surface area is 198 Å². The van der Waals surface area contributed by atoms with Crippen LogP contribution in [-0.2, 0) is 21.4 Å². The van der Waals surface area contributed by atoms with Crippen molar-refractivity contribution in [2.45, 2.75) is 24.4 Å². The number of thioether (sulfide) groups is 1. The number of nitrogens with zero attached hydrogens (tertiary/aromatic N) is 2. The van der Waals surface area contributed by atoms with E-state index in [1.165, 1.54) is 11.8 Å². The molecule has 0 spiro atoms. The third kappa shape index (κ3) is 4.58. The van der Waals surface area contributed by atoms with E-state index in [1.807, 2.05) is 56.4 Å². The Hall–Kier alpha value is -2.97. The van der Waals surface area contributed by atoms with Gasteiger partial charge in [0.15, 0.2) is 0 Å². The van der Waals surface area contributed by atoms with Gasteiger partial charge in [-0.05, 0) is 31.5 Å². The van der Waals surface area contributed by atoms with Crippen molar-refractivity contribution in [2.24, 2.45) is 7.05 Å². The number of methoxy groups -OCH3 is 1. The minimum atomic E-state index is -0.798. The maximum atomic E-state index is 13.7. The summed E-state index contributed by atoms with van der Waals surface area (Å²) in [5, 5.41) is 4.95. The van der Waals surface area contributed by atoms with Crippen LogP contribution < -0.4 is 15.0 Å². The first-order valence-corrected chi connectivity index (χ1v) is 12.1. The van der Waals surface area contributed by atoms with Gasteiger partial charge in [0.05, 0.1) is 17.9 Å². The molecule has 0 saturated carbocycles. The third-order valence-electron chi connectivity index (χ3n) is 5.77. The molecule has 2 amide bonds. The molecule has 1 aromatic heterocycles. The van der Waals surface area contributed by atoms with Crippen molar-refractivity contribution in [3.05, 3.63) is 54.1 Å². The lowest BCUT2D eigenvalue weighted by Crippen LogP contribution is -2.44. The van der Waals surface area contributed by atoms with Gasteiger partial charge in [-0.15, -0.1) is 0 Å². The number of fused-ring (bicyclic) bond motifs is 3. The number of carbonyl (C=O) groups is 2. The summed E-state index contributed by atoms with van der Waals surface area (Å²) in [6.07, 6.45) is 0.705. The molecule has 0 bridgehead atoms. The van der Waals surface area contributed by atoms with E-state index in [1.54, 1.807) is 18.1 Å². The van der Waals surface area contributed by atoms with E-state index in [0.717, 1.165) is 21.5 Å². The highest BCUT2D eigenvalue weighted by atomic mass is 32.2. The summed E-state index contributed by atoms with van der Waals surface area (Å²) in [4.78, 5) is 28.7. The smallest absolute Gasteiger partial charge is 0.247 e. The van der Waals surface area contributed by atoms with Crippen molar-refractivity contribution in [3.63, 3.8) is 0 Å². The Kier molecular flexibility index (Phi) is 7.25. The number of benzene rings is 2. The van der Waals surface area contributed by atoms with Crippen molar-refractivity contribution in [1.82, 2.24) is 9.88 Å². The summed E-state index contributed by atoms with van der Waals surface area (Å²) in [5.74, 6) is 0.541. The first-order valence-electron chi connectivity index (χ1n) is 11.1. The number of rotatable bonds is 8. The number of para-hydroxylation sites is 1. The molecule has 1 atom stereocenters. The minimum Gasteiger partial charge on any atom is -0.497 e. The van der Waals surface area contributed by atoms with Crippen LogP contribution in [0.2, 0.25) is 0 Å². The zero-order valence-corrected chi connectivity index (χ0v) is 20.0. The van der Waals surface area contributed by atoms with Crippen LogP contribution in [0.3, 0.4) is 0 Å². The fraction of sp³-hybridized carbons (Fsp3) is 0.360. The lowest BCUT2D eigenvalue weighted by molar-refractivity contribution is -0.125. The molecule has 33 heavy (non-hydrogen) atoms. The molecule has 7 nitrogen and oxygen atoms in total. The molecule has 1 aliphatic rings. The van der Waals surface area contributed by atoms with Gasteiger partial charge in [-0.1, -0.05) is 36.0 Å². The second-order valence-electron chi connectivity index (χ2n) is 7.79. The maximum absolute atomic E-state index is 13.7. The second kappa shape index (κ2) is 10.3. The number of carbonyl (C=O) groups excluding carboxylic acids is 2. The van der Waals surface area contributed by atoms with Gasteiger partial charge in [-0.2, -0.15) is 0 Å². The summed E-state index contributed by atoms with van der Waals surface area (Å²) in [6, 6.07) is 14.5. The summed E-state index contributed by atoms with van der Waals surface area (Å²) in [5.41, 5.74) is 2.52. The molecule has 3 aromatic rings. The number of anilines is 1. The van der Waals surface area contributed by atoms with Gasteiger partial charge >= 0.3 is 0 Å². The first kappa shape index (κ1) is 23.2. The number of aryl methyl sites for hydroxylation is 1. The molecule has 0 saturated heterocycles. The number of hydrogen-bond donors (Lipinski definition) is 1. The molecule has 2 heterocycles. The highest BCUT2D eigenvalue weighted by Crippen LogP contribution is 2.43. The van der Waals surface area contributed by atoms with Crippen LogP contribution in [0.5, 0.6) is 5.75 Å². The van der Waals surface area contributed by atoms with Gasteiger partial charge in [0.1, 0.15) is 11.8 Å². The molecule has 174 valence electrons. The SMILES string of the molecule is CCOCCCNC(=O)[C@H]1c2c(n(C)c3ccccc23)SCC(=O)N1c1cccc(OC)c1. The Bertz CT molecular complexity index is 1160. The zero-order chi connectivity index (χ0) is 23.4. The number of nitrogens with one attached hydrogen (secondary N) is 1. The van der Waals surface area contributed by atoms with Gasteiger partial charge in [0.2, 0.25) is 11.8 Å². The minimum absolute atomic E-state index is 0.122. The van der Waals surface area contributed by atoms with E-state index in [-0.39, 0.29) is 17.6 Å². The number of aromatic nitrogens is 1. The lowest BCUT2D eigenvalue weighted by atomic mass is 10.0. The molecule has 0 aliphatic carbocycles. The van der Waals surface area contributed by atoms with Gasteiger partial charge in [0, 0.05) is 55.0 Å². The van der Waals surface area contributed by atoms with Crippen LogP contribution >= 0.6 is 11.8 Å². The average molecular weight is 468 g/mol. The van der Waals surface area contributed by atoms with Crippen LogP contribution in [0.4, 0.5) is 5.69 Å². The van der Waals surface area contributed by atoms with Gasteiger partial charge in [-0.3, -0.25) is 14.5 Å². The molecular weight excluding hydrogens is 438 g/mol. The van der Waals surface area contributed by atoms with Crippen LogP contribution in [0.15, 0.2) is 53.6 Å². The monoisotopic (exact) mass is 467 g/mol. The number of hydrogen-bond acceptors (Lipinski definition) is 5. The Balaban J connectivity index is 1.81. The standard InChI is InChI=1S/C25H29N3O4S/c1-4-32-14-8-13-26-24(30)23-22-19-11-5-6-12-20(19)27(2)25(22)33-16-21(29)28(23)17-9-7-10-18(15-17)31-3/h5-7,9-12,15,23H,4,8,13-14,16H2,1-3H3,(H,26,30)/t23-/m1/s1. The Morgan fingerprint density at radius 2 is 2.03 bits per heavy atom. The van der Waals surface area contributed by atoms with Gasteiger partial charge < -0.3 is 19.4 Å². The molecular formula is C25H29N3O4S. The molecule has 0 fully saturated rings. The zero-order valence-electron chi connectivity index (χ0n) is 19.2. The molecule has 4 rings (SSSR count). The van der Waals surface area contributed by atoms with E-state index >= 15 is 0 Å². The van der Waals surface area contributed by atoms with E-state index in [0.29, 0.717) is 37.6 Å². The maximum Gasteiger partial charge on any atom is 0.247 e. The number of ether oxygens (including phenoxy) is 2. The van der Waals surface area contributed by atoms with E-state index in [2.05, 4.69) is 9.88 Å². The first-order chi connectivity index (χ1) is 16.1. The summed E-state index contributed by atoms with van der Waals surface area (Å²) in [6.45, 7) is 3.64. The molecule has 2 aromatic carbocycles. The molecule has 1 aliphatic heterocycles. The lowest BCUT2D eigenvalue weighted by Gasteiger charge is -2.30. The summed E-state index contributed by atoms with van der Waals surface area (Å²) < 4.78 is 12.9. The van der Waals surface area contributed by atoms with Crippen LogP contribution in [0.25, 0.3) is 10.9 Å². The van der Waals surface area contributed by atoms with Crippen molar-refractivity contribution < 1.29 is 19.1 Å². The van der Waals surface area contributed by atoms with E-state index in [9.17, 15) is 9.59 Å². The van der Waals surface area contributed by atoms with E-state index in [4.69, 9.17) is 9.47 Å². The molecule has 0 radical (unpaired) electrons. The third-order valence-corrected chi connectivity index (χ3v) is 6.93. The Morgan fingerprint density at radius 3 is 2.82 bits per heavy atom. The van der Waals surface area contributed by atoms with Crippen LogP contribution in [0, 0.1) is 0 Å². The normalized spacial score (nSPS) is 15.9. The Morgan fingerprint density at radius 1 is 1.21 bits per heavy atom. The molecule has 0 unspecified atom stereocenters. The largest absolute Gasteiger partial charge is 0.497 e. The van der Waals surface area contributed by atoms with Crippen LogP contribution in [0.1, 0.15) is 24.9 Å². The van der Waals surface area contributed by atoms with Gasteiger partial charge in [-0.25, -0.2) is 0 Å². The van der Waals surface area contributed by atoms with Crippen molar-refractivity contribution >= 4 is 40.2 Å². The van der Waals surface area contributed by atoms with Crippen molar-refractivity contribution in [3.8, 4) is 5.75 Å². The molecule has 8 heteroatoms. The van der Waals surface area contributed by atoms with Crippen LogP contribution in [-0.4, -0.2) is 49.0 Å². The quantitative estimate of drug-likeness (QED) is 0.509. The predicted molar refractivity (Wildman–Crippen MR) is 131 cm³/mol. The van der Waals surface area contributed by atoms with E-state index < -0.39 is 6.04 Å². The number of amides is 2. The fourth-order valence-electron chi connectivity index (χ4n) is 4.24. The highest BCUT2D eigenvalue weighted by Gasteiger charge is 2.39. The fourth-order valence-corrected chi connectivity index (χ4v) is 5.31. The second-order valence-corrected chi connectivity index (χ2v) is 8.76. The van der Waals surface area contributed by atoms with Crippen molar-refractivity contribution in [1.29, 1.82) is 0 Å². The highest BCUT2D eigenvalue weighted by molar-refractivity contribution is 8.00. The predicted octanol–water partition coefficient (Wildman–Crippen LogP) is 3.91. The summed E-state index contributed by atoms with van der Waals surface area (Å²) in [7, 11) is 3.57. The topological polar surface area (TPSA) is 72.8 Å². The van der Waals surface area contributed by atoms with Gasteiger partial charge in [0.25, 0.3) is 0 Å². The van der Waals surface area contributed by atoms with Crippen molar-refractivity contribution in [2.75, 3.05) is 37.5 Å². The summed E-state index contributed by atoms with van der Waals surface area (Å²) >= 11 is 1.47. The average Bonchev–Trinajstić information content (AvgIpc) is 3.01. The molecule has 1 N–H and O–H groups in total.